The molecule has 104 valence electrons. The van der Waals surface area contributed by atoms with E-state index in [1.807, 2.05) is 21.6 Å². The fourth-order valence-corrected chi connectivity index (χ4v) is 2.52. The SMILES string of the molecule is Nc1ncccc1-c1cncn1CC(=O)N1CCCC1. The fourth-order valence-electron chi connectivity index (χ4n) is 2.52. The number of likely N-dealkylation sites (tertiary alicyclic amines) is 1. The summed E-state index contributed by atoms with van der Waals surface area (Å²) in [5.74, 6) is 0.576. The summed E-state index contributed by atoms with van der Waals surface area (Å²) in [5.41, 5.74) is 7.51. The van der Waals surface area contributed by atoms with Gasteiger partial charge in [-0.05, 0) is 25.0 Å². The van der Waals surface area contributed by atoms with Gasteiger partial charge in [0, 0.05) is 24.8 Å². The van der Waals surface area contributed by atoms with Crippen LogP contribution in [0.15, 0.2) is 30.9 Å². The Labute approximate surface area is 117 Å². The molecule has 20 heavy (non-hydrogen) atoms. The molecular weight excluding hydrogens is 254 g/mol. The van der Waals surface area contributed by atoms with Gasteiger partial charge in [0.2, 0.25) is 5.91 Å². The van der Waals surface area contributed by atoms with E-state index < -0.39 is 0 Å². The van der Waals surface area contributed by atoms with Crippen LogP contribution in [0.3, 0.4) is 0 Å². The summed E-state index contributed by atoms with van der Waals surface area (Å²) in [5, 5.41) is 0. The molecule has 0 aromatic carbocycles. The van der Waals surface area contributed by atoms with Crippen molar-refractivity contribution in [1.29, 1.82) is 0 Å². The van der Waals surface area contributed by atoms with Crippen LogP contribution in [0, 0.1) is 0 Å². The Bertz CT molecular complexity index is 616. The van der Waals surface area contributed by atoms with E-state index in [9.17, 15) is 4.79 Å². The van der Waals surface area contributed by atoms with Gasteiger partial charge in [-0.3, -0.25) is 4.79 Å². The Balaban J connectivity index is 1.83. The van der Waals surface area contributed by atoms with E-state index in [0.29, 0.717) is 12.4 Å². The summed E-state index contributed by atoms with van der Waals surface area (Å²) in [4.78, 5) is 22.3. The molecule has 1 aliphatic rings. The van der Waals surface area contributed by atoms with Gasteiger partial charge in [-0.2, -0.15) is 0 Å². The highest BCUT2D eigenvalue weighted by Crippen LogP contribution is 2.23. The van der Waals surface area contributed by atoms with E-state index in [1.54, 1.807) is 18.7 Å². The number of hydrogen-bond donors (Lipinski definition) is 1. The second-order valence-electron chi connectivity index (χ2n) is 4.93. The molecule has 6 nitrogen and oxygen atoms in total. The maximum Gasteiger partial charge on any atom is 0.242 e. The molecule has 2 aromatic rings. The molecule has 2 aromatic heterocycles. The molecule has 3 heterocycles. The van der Waals surface area contributed by atoms with E-state index >= 15 is 0 Å². The predicted molar refractivity (Wildman–Crippen MR) is 75.7 cm³/mol. The number of imidazole rings is 1. The van der Waals surface area contributed by atoms with Crippen LogP contribution in [0.2, 0.25) is 0 Å². The van der Waals surface area contributed by atoms with E-state index in [-0.39, 0.29) is 5.91 Å². The van der Waals surface area contributed by atoms with Gasteiger partial charge < -0.3 is 15.2 Å². The number of rotatable bonds is 3. The standard InChI is InChI=1S/C14H17N5O/c15-14-11(4-3-5-17-14)12-8-16-10-19(12)9-13(20)18-6-1-2-7-18/h3-5,8,10H,1-2,6-7,9H2,(H2,15,17). The van der Waals surface area contributed by atoms with Crippen molar-refractivity contribution in [1.82, 2.24) is 19.4 Å². The maximum absolute atomic E-state index is 12.2. The number of amides is 1. The number of aromatic nitrogens is 3. The third-order valence-electron chi connectivity index (χ3n) is 3.59. The van der Waals surface area contributed by atoms with E-state index in [2.05, 4.69) is 9.97 Å². The van der Waals surface area contributed by atoms with Gasteiger partial charge >= 0.3 is 0 Å². The van der Waals surface area contributed by atoms with Crippen LogP contribution in [-0.4, -0.2) is 38.4 Å². The molecule has 3 rings (SSSR count). The first-order valence-corrected chi connectivity index (χ1v) is 6.74. The molecule has 1 aliphatic heterocycles. The summed E-state index contributed by atoms with van der Waals surface area (Å²) in [6.07, 6.45) is 7.21. The number of carbonyl (C=O) groups is 1. The Hall–Kier alpha value is -2.37. The average molecular weight is 271 g/mol. The normalized spacial score (nSPS) is 14.7. The van der Waals surface area contributed by atoms with Gasteiger partial charge in [-0.25, -0.2) is 9.97 Å². The second-order valence-corrected chi connectivity index (χ2v) is 4.93. The first-order chi connectivity index (χ1) is 9.75. The fraction of sp³-hybridized carbons (Fsp3) is 0.357. The molecule has 0 saturated carbocycles. The number of nitrogen functional groups attached to an aromatic ring is 1. The Morgan fingerprint density at radius 1 is 1.35 bits per heavy atom. The molecule has 0 radical (unpaired) electrons. The van der Waals surface area contributed by atoms with Crippen LogP contribution in [0.25, 0.3) is 11.3 Å². The van der Waals surface area contributed by atoms with Crippen molar-refractivity contribution < 1.29 is 4.79 Å². The van der Waals surface area contributed by atoms with Crippen LogP contribution < -0.4 is 5.73 Å². The Morgan fingerprint density at radius 2 is 2.15 bits per heavy atom. The molecule has 0 unspecified atom stereocenters. The maximum atomic E-state index is 12.2. The van der Waals surface area contributed by atoms with Crippen molar-refractivity contribution in [2.45, 2.75) is 19.4 Å². The van der Waals surface area contributed by atoms with Gasteiger partial charge in [0.05, 0.1) is 18.2 Å². The van der Waals surface area contributed by atoms with E-state index in [4.69, 9.17) is 5.73 Å². The van der Waals surface area contributed by atoms with E-state index in [0.717, 1.165) is 37.2 Å². The number of nitrogens with two attached hydrogens (primary N) is 1. The number of pyridine rings is 1. The lowest BCUT2D eigenvalue weighted by molar-refractivity contribution is -0.130. The lowest BCUT2D eigenvalue weighted by Gasteiger charge is -2.16. The molecule has 0 spiro atoms. The molecule has 0 atom stereocenters. The Morgan fingerprint density at radius 3 is 2.90 bits per heavy atom. The molecule has 6 heteroatoms. The van der Waals surface area contributed by atoms with Gasteiger partial charge in [-0.15, -0.1) is 0 Å². The highest BCUT2D eigenvalue weighted by Gasteiger charge is 2.19. The minimum absolute atomic E-state index is 0.129. The highest BCUT2D eigenvalue weighted by molar-refractivity contribution is 5.78. The van der Waals surface area contributed by atoms with Crippen molar-refractivity contribution in [2.24, 2.45) is 0 Å². The van der Waals surface area contributed by atoms with Crippen LogP contribution in [0.1, 0.15) is 12.8 Å². The average Bonchev–Trinajstić information content (AvgIpc) is 3.10. The van der Waals surface area contributed by atoms with Gasteiger partial charge in [-0.1, -0.05) is 0 Å². The predicted octanol–water partition coefficient (Wildman–Crippen LogP) is 1.15. The van der Waals surface area contributed by atoms with Gasteiger partial charge in [0.15, 0.2) is 0 Å². The molecular formula is C14H17N5O. The smallest absolute Gasteiger partial charge is 0.242 e. The summed E-state index contributed by atoms with van der Waals surface area (Å²) < 4.78 is 1.83. The number of anilines is 1. The van der Waals surface area contributed by atoms with Crippen molar-refractivity contribution in [3.8, 4) is 11.3 Å². The van der Waals surface area contributed by atoms with Crippen molar-refractivity contribution in [3.63, 3.8) is 0 Å². The Kier molecular flexibility index (Phi) is 3.37. The minimum atomic E-state index is 0.129. The zero-order valence-corrected chi connectivity index (χ0v) is 11.2. The molecule has 0 bridgehead atoms. The van der Waals surface area contributed by atoms with Crippen LogP contribution in [0.4, 0.5) is 5.82 Å². The summed E-state index contributed by atoms with van der Waals surface area (Å²) in [6, 6.07) is 3.71. The topological polar surface area (TPSA) is 77.0 Å². The monoisotopic (exact) mass is 271 g/mol. The van der Waals surface area contributed by atoms with Gasteiger partial charge in [0.1, 0.15) is 12.4 Å². The van der Waals surface area contributed by atoms with Crippen molar-refractivity contribution >= 4 is 11.7 Å². The van der Waals surface area contributed by atoms with Crippen LogP contribution >= 0.6 is 0 Å². The zero-order chi connectivity index (χ0) is 13.9. The number of nitrogens with zero attached hydrogens (tertiary/aromatic N) is 4. The van der Waals surface area contributed by atoms with Crippen LogP contribution in [-0.2, 0) is 11.3 Å². The number of hydrogen-bond acceptors (Lipinski definition) is 4. The molecule has 0 aliphatic carbocycles. The highest BCUT2D eigenvalue weighted by atomic mass is 16.2. The molecule has 1 amide bonds. The first-order valence-electron chi connectivity index (χ1n) is 6.74. The third-order valence-corrected chi connectivity index (χ3v) is 3.59. The molecule has 2 N–H and O–H groups in total. The van der Waals surface area contributed by atoms with Crippen molar-refractivity contribution in [3.05, 3.63) is 30.9 Å². The molecule has 1 saturated heterocycles. The molecule has 1 fully saturated rings. The summed E-state index contributed by atoms with van der Waals surface area (Å²) in [6.45, 7) is 2.01. The largest absolute Gasteiger partial charge is 0.383 e. The second kappa shape index (κ2) is 5.32. The summed E-state index contributed by atoms with van der Waals surface area (Å²) in [7, 11) is 0. The van der Waals surface area contributed by atoms with Crippen molar-refractivity contribution in [2.75, 3.05) is 18.8 Å². The first kappa shape index (κ1) is 12.7. The zero-order valence-electron chi connectivity index (χ0n) is 11.2. The summed E-state index contributed by atoms with van der Waals surface area (Å²) >= 11 is 0. The van der Waals surface area contributed by atoms with E-state index in [1.165, 1.54) is 0 Å². The third kappa shape index (κ3) is 2.36. The lowest BCUT2D eigenvalue weighted by Crippen LogP contribution is -2.31. The quantitative estimate of drug-likeness (QED) is 0.908. The lowest BCUT2D eigenvalue weighted by atomic mass is 10.2. The minimum Gasteiger partial charge on any atom is -0.383 e. The van der Waals surface area contributed by atoms with Gasteiger partial charge in [0.25, 0.3) is 0 Å². The van der Waals surface area contributed by atoms with Crippen LogP contribution in [0.5, 0.6) is 0 Å². The number of carbonyl (C=O) groups excluding carboxylic acids is 1.